The second-order valence-electron chi connectivity index (χ2n) is 5.99. The highest BCUT2D eigenvalue weighted by Crippen LogP contribution is 2.33. The molecule has 0 spiro atoms. The first-order chi connectivity index (χ1) is 8.78. The molecule has 2 N–H and O–H groups in total. The number of hydrogen-bond donors (Lipinski definition) is 1. The van der Waals surface area contributed by atoms with E-state index in [0.717, 1.165) is 19.0 Å². The van der Waals surface area contributed by atoms with E-state index in [-0.39, 0.29) is 0 Å². The van der Waals surface area contributed by atoms with Gasteiger partial charge in [-0.05, 0) is 36.3 Å². The van der Waals surface area contributed by atoms with Crippen LogP contribution in [0, 0.1) is 5.92 Å². The molecule has 18 heavy (non-hydrogen) atoms. The van der Waals surface area contributed by atoms with E-state index in [2.05, 4.69) is 36.1 Å². The van der Waals surface area contributed by atoms with Crippen molar-refractivity contribution in [1.29, 1.82) is 0 Å². The van der Waals surface area contributed by atoms with Crippen LogP contribution in [0.1, 0.15) is 43.7 Å². The predicted octanol–water partition coefficient (Wildman–Crippen LogP) is 2.91. The number of fused-ring (bicyclic) bond motifs is 1. The summed E-state index contributed by atoms with van der Waals surface area (Å²) >= 11 is 0. The fourth-order valence-electron chi connectivity index (χ4n) is 3.64. The second-order valence-corrected chi connectivity index (χ2v) is 5.99. The number of nitrogens with two attached hydrogens (primary N) is 1. The lowest BCUT2D eigenvalue weighted by atomic mass is 9.81. The lowest BCUT2D eigenvalue weighted by molar-refractivity contribution is 0.108. The van der Waals surface area contributed by atoms with Crippen LogP contribution in [-0.4, -0.2) is 17.0 Å². The Labute approximate surface area is 110 Å². The van der Waals surface area contributed by atoms with E-state index in [1.54, 1.807) is 0 Å². The van der Waals surface area contributed by atoms with Crippen LogP contribution < -0.4 is 5.73 Å². The Hall–Kier alpha value is -0.860. The van der Waals surface area contributed by atoms with Crippen LogP contribution in [0.15, 0.2) is 24.3 Å². The van der Waals surface area contributed by atoms with Gasteiger partial charge in [-0.15, -0.1) is 0 Å². The maximum atomic E-state index is 6.37. The van der Waals surface area contributed by atoms with Gasteiger partial charge in [0, 0.05) is 25.2 Å². The quantitative estimate of drug-likeness (QED) is 0.866. The van der Waals surface area contributed by atoms with Crippen molar-refractivity contribution < 1.29 is 0 Å². The molecule has 2 nitrogen and oxygen atoms in total. The maximum absolute atomic E-state index is 6.37. The van der Waals surface area contributed by atoms with Crippen LogP contribution in [0.25, 0.3) is 0 Å². The van der Waals surface area contributed by atoms with Crippen molar-refractivity contribution >= 4 is 0 Å². The molecule has 1 fully saturated rings. The topological polar surface area (TPSA) is 29.3 Å². The molecule has 2 heteroatoms. The molecule has 0 bridgehead atoms. The Morgan fingerprint density at radius 1 is 1.17 bits per heavy atom. The summed E-state index contributed by atoms with van der Waals surface area (Å²) in [5.41, 5.74) is 9.38. The molecular formula is C16H24N2. The van der Waals surface area contributed by atoms with Gasteiger partial charge in [-0.1, -0.05) is 37.6 Å². The third-order valence-electron chi connectivity index (χ3n) is 4.89. The van der Waals surface area contributed by atoms with Crippen LogP contribution in [0.2, 0.25) is 0 Å². The summed E-state index contributed by atoms with van der Waals surface area (Å²) in [5, 5.41) is 0. The van der Waals surface area contributed by atoms with Gasteiger partial charge in [0.25, 0.3) is 0 Å². The zero-order chi connectivity index (χ0) is 12.5. The lowest BCUT2D eigenvalue weighted by Gasteiger charge is -2.39. The van der Waals surface area contributed by atoms with E-state index >= 15 is 0 Å². The Morgan fingerprint density at radius 2 is 1.83 bits per heavy atom. The average Bonchev–Trinajstić information content (AvgIpc) is 2.82. The molecule has 1 saturated carbocycles. The van der Waals surface area contributed by atoms with Gasteiger partial charge in [0.05, 0.1) is 0 Å². The highest BCUT2D eigenvalue weighted by Gasteiger charge is 2.34. The van der Waals surface area contributed by atoms with Crippen LogP contribution >= 0.6 is 0 Å². The Morgan fingerprint density at radius 3 is 2.44 bits per heavy atom. The Kier molecular flexibility index (Phi) is 3.40. The van der Waals surface area contributed by atoms with Gasteiger partial charge >= 0.3 is 0 Å². The zero-order valence-electron chi connectivity index (χ0n) is 11.3. The van der Waals surface area contributed by atoms with E-state index in [0.29, 0.717) is 12.1 Å². The smallest absolute Gasteiger partial charge is 0.0256 e. The van der Waals surface area contributed by atoms with E-state index in [1.807, 2.05) is 0 Å². The molecule has 2 aliphatic rings. The molecule has 0 saturated heterocycles. The van der Waals surface area contributed by atoms with Gasteiger partial charge < -0.3 is 5.73 Å². The number of nitrogens with zero attached hydrogens (tertiary/aromatic N) is 1. The summed E-state index contributed by atoms with van der Waals surface area (Å²) in [6, 6.07) is 9.80. The van der Waals surface area contributed by atoms with Gasteiger partial charge in [0.15, 0.2) is 0 Å². The molecule has 1 aromatic rings. The Balaban J connectivity index is 1.72. The normalized spacial score (nSPS) is 32.4. The third kappa shape index (κ3) is 2.19. The monoisotopic (exact) mass is 244 g/mol. The number of rotatable bonds is 2. The highest BCUT2D eigenvalue weighted by molar-refractivity contribution is 5.30. The first-order valence-electron chi connectivity index (χ1n) is 7.34. The summed E-state index contributed by atoms with van der Waals surface area (Å²) in [7, 11) is 0. The first-order valence-corrected chi connectivity index (χ1v) is 7.34. The minimum Gasteiger partial charge on any atom is -0.326 e. The van der Waals surface area contributed by atoms with Crippen LogP contribution in [0.4, 0.5) is 0 Å². The minimum atomic E-state index is 0.377. The summed E-state index contributed by atoms with van der Waals surface area (Å²) < 4.78 is 0. The first kappa shape index (κ1) is 12.2. The summed E-state index contributed by atoms with van der Waals surface area (Å²) in [4.78, 5) is 2.61. The van der Waals surface area contributed by atoms with Crippen molar-refractivity contribution in [3.05, 3.63) is 35.4 Å². The van der Waals surface area contributed by atoms with Crippen LogP contribution in [0.3, 0.4) is 0 Å². The summed E-state index contributed by atoms with van der Waals surface area (Å²) in [5.74, 6) is 0.888. The maximum Gasteiger partial charge on any atom is 0.0256 e. The lowest BCUT2D eigenvalue weighted by Crippen LogP contribution is -2.49. The summed E-state index contributed by atoms with van der Waals surface area (Å²) in [6.45, 7) is 4.52. The zero-order valence-corrected chi connectivity index (χ0v) is 11.3. The summed E-state index contributed by atoms with van der Waals surface area (Å²) in [6.07, 6.45) is 5.14. The van der Waals surface area contributed by atoms with E-state index in [1.165, 1.54) is 36.8 Å². The molecule has 3 rings (SSSR count). The molecule has 1 aliphatic carbocycles. The molecule has 0 radical (unpaired) electrons. The standard InChI is InChI=1S/C16H24N2/c1-2-12-7-8-15(17)16(9-12)18-10-13-5-3-4-6-14(13)11-18/h3-6,12,15-16H,2,7-11,17H2,1H3. The van der Waals surface area contributed by atoms with E-state index in [4.69, 9.17) is 5.73 Å². The fourth-order valence-corrected chi connectivity index (χ4v) is 3.64. The van der Waals surface area contributed by atoms with Crippen molar-refractivity contribution in [2.75, 3.05) is 0 Å². The number of benzene rings is 1. The van der Waals surface area contributed by atoms with Crippen LogP contribution in [0.5, 0.6) is 0 Å². The molecular weight excluding hydrogens is 220 g/mol. The van der Waals surface area contributed by atoms with Crippen molar-refractivity contribution in [2.45, 2.75) is 57.8 Å². The van der Waals surface area contributed by atoms with Gasteiger partial charge in [-0.25, -0.2) is 0 Å². The third-order valence-corrected chi connectivity index (χ3v) is 4.89. The molecule has 0 aromatic heterocycles. The largest absolute Gasteiger partial charge is 0.326 e. The fraction of sp³-hybridized carbons (Fsp3) is 0.625. The number of hydrogen-bond acceptors (Lipinski definition) is 2. The van der Waals surface area contributed by atoms with E-state index in [9.17, 15) is 0 Å². The molecule has 1 aromatic carbocycles. The van der Waals surface area contributed by atoms with Crippen molar-refractivity contribution in [3.8, 4) is 0 Å². The van der Waals surface area contributed by atoms with Gasteiger partial charge in [0.2, 0.25) is 0 Å². The molecule has 3 atom stereocenters. The van der Waals surface area contributed by atoms with Crippen LogP contribution in [-0.2, 0) is 13.1 Å². The van der Waals surface area contributed by atoms with Gasteiger partial charge in [-0.2, -0.15) is 0 Å². The van der Waals surface area contributed by atoms with Gasteiger partial charge in [0.1, 0.15) is 0 Å². The highest BCUT2D eigenvalue weighted by atomic mass is 15.2. The van der Waals surface area contributed by atoms with Crippen molar-refractivity contribution in [3.63, 3.8) is 0 Å². The molecule has 1 aliphatic heterocycles. The van der Waals surface area contributed by atoms with Crippen molar-refractivity contribution in [2.24, 2.45) is 11.7 Å². The SMILES string of the molecule is CCC1CCC(N)C(N2Cc3ccccc3C2)C1. The minimum absolute atomic E-state index is 0.377. The molecule has 3 unspecified atom stereocenters. The van der Waals surface area contributed by atoms with Gasteiger partial charge in [-0.3, -0.25) is 4.90 Å². The molecule has 0 amide bonds. The van der Waals surface area contributed by atoms with E-state index < -0.39 is 0 Å². The average molecular weight is 244 g/mol. The predicted molar refractivity (Wildman–Crippen MR) is 75.1 cm³/mol. The molecule has 98 valence electrons. The second kappa shape index (κ2) is 5.02. The molecule has 1 heterocycles. The Bertz CT molecular complexity index is 390. The van der Waals surface area contributed by atoms with Crippen molar-refractivity contribution in [1.82, 2.24) is 4.90 Å².